The van der Waals surface area contributed by atoms with Gasteiger partial charge in [-0.15, -0.1) is 0 Å². The number of anilines is 1. The second-order valence-electron chi connectivity index (χ2n) is 8.57. The van der Waals surface area contributed by atoms with E-state index >= 15 is 0 Å². The van der Waals surface area contributed by atoms with Crippen molar-refractivity contribution in [2.75, 3.05) is 11.9 Å². The molecule has 0 aliphatic rings. The van der Waals surface area contributed by atoms with Gasteiger partial charge in [0.2, 0.25) is 0 Å². The van der Waals surface area contributed by atoms with Crippen LogP contribution in [0.15, 0.2) is 72.8 Å². The van der Waals surface area contributed by atoms with Crippen molar-refractivity contribution < 1.29 is 13.6 Å². The second kappa shape index (κ2) is 12.5. The maximum absolute atomic E-state index is 14.3. The van der Waals surface area contributed by atoms with Crippen LogP contribution in [0.3, 0.4) is 0 Å². The molecule has 0 radical (unpaired) electrons. The number of para-hydroxylation sites is 1. The Kier molecular flexibility index (Phi) is 9.42. The molecule has 0 spiro atoms. The number of nitrogens with one attached hydrogen (secondary N) is 2. The van der Waals surface area contributed by atoms with Gasteiger partial charge < -0.3 is 16.4 Å². The smallest absolute Gasteiger partial charge is 0.319 e. The molecule has 4 N–H and O–H groups in total. The molecule has 2 amide bonds. The van der Waals surface area contributed by atoms with E-state index in [0.29, 0.717) is 37.3 Å². The lowest BCUT2D eigenvalue weighted by molar-refractivity contribution is 0.251. The Morgan fingerprint density at radius 1 is 0.912 bits per heavy atom. The molecule has 180 valence electrons. The molecule has 1 atom stereocenters. The minimum atomic E-state index is -0.750. The van der Waals surface area contributed by atoms with Crippen LogP contribution >= 0.6 is 11.6 Å². The molecule has 4 nitrogen and oxygen atoms in total. The van der Waals surface area contributed by atoms with Crippen LogP contribution in [0, 0.1) is 11.6 Å². The molecule has 0 aliphatic carbocycles. The number of rotatable bonds is 11. The molecule has 0 heterocycles. The molecule has 34 heavy (non-hydrogen) atoms. The molecular weight excluding hydrogens is 456 g/mol. The molecule has 7 heteroatoms. The molecule has 0 aromatic heterocycles. The van der Waals surface area contributed by atoms with Crippen molar-refractivity contribution in [2.24, 2.45) is 5.73 Å². The zero-order valence-electron chi connectivity index (χ0n) is 19.0. The lowest BCUT2D eigenvalue weighted by Gasteiger charge is -2.30. The van der Waals surface area contributed by atoms with Crippen molar-refractivity contribution in [3.63, 3.8) is 0 Å². The zero-order valence-corrected chi connectivity index (χ0v) is 19.8. The van der Waals surface area contributed by atoms with Crippen LogP contribution in [0.1, 0.15) is 36.8 Å². The molecule has 3 rings (SSSR count). The first-order valence-corrected chi connectivity index (χ1v) is 11.8. The number of aryl methyl sites for hydroxylation is 1. The normalized spacial score (nSPS) is 12.7. The number of halogens is 3. The Labute approximate surface area is 204 Å². The maximum atomic E-state index is 14.3. The molecule has 3 aromatic rings. The van der Waals surface area contributed by atoms with Crippen molar-refractivity contribution in [2.45, 2.75) is 44.1 Å². The summed E-state index contributed by atoms with van der Waals surface area (Å²) in [6.45, 7) is 0.480. The van der Waals surface area contributed by atoms with Crippen molar-refractivity contribution >= 4 is 23.3 Å². The zero-order chi connectivity index (χ0) is 24.4. The Morgan fingerprint density at radius 2 is 1.65 bits per heavy atom. The molecular formula is C27H30ClF2N3O. The highest BCUT2D eigenvalue weighted by molar-refractivity contribution is 6.31. The number of urea groups is 1. The molecule has 0 bridgehead atoms. The average Bonchev–Trinajstić information content (AvgIpc) is 2.81. The van der Waals surface area contributed by atoms with Gasteiger partial charge in [-0.25, -0.2) is 13.6 Å². The summed E-state index contributed by atoms with van der Waals surface area (Å²) in [5.41, 5.74) is 7.97. The third-order valence-corrected chi connectivity index (χ3v) is 6.19. The van der Waals surface area contributed by atoms with Crippen molar-refractivity contribution in [1.82, 2.24) is 5.32 Å². The SMILES string of the molecule is NC(CCCCNC(=O)Nc1ccccc1)(CCc1ccccc1Cl)Cc1cc(F)ccc1F. The van der Waals surface area contributed by atoms with E-state index in [9.17, 15) is 13.6 Å². The van der Waals surface area contributed by atoms with Gasteiger partial charge in [-0.1, -0.05) is 48.0 Å². The standard InChI is InChI=1S/C27H30ClF2N3O/c28-24-11-5-4-8-20(24)14-16-27(31,19-21-18-22(29)12-13-25(21)30)15-6-7-17-32-26(34)33-23-9-2-1-3-10-23/h1-5,8-13,18H,6-7,14-17,19,31H2,(H2,32,33,34). The number of hydrogen-bond donors (Lipinski definition) is 3. The van der Waals surface area contributed by atoms with E-state index in [4.69, 9.17) is 17.3 Å². The Balaban J connectivity index is 1.56. The molecule has 0 fully saturated rings. The number of amides is 2. The van der Waals surface area contributed by atoms with Gasteiger partial charge in [-0.05, 0) is 86.1 Å². The van der Waals surface area contributed by atoms with E-state index in [-0.39, 0.29) is 18.0 Å². The Hall–Kier alpha value is -2.96. The van der Waals surface area contributed by atoms with Gasteiger partial charge >= 0.3 is 6.03 Å². The van der Waals surface area contributed by atoms with Crippen LogP contribution in [0.2, 0.25) is 5.02 Å². The van der Waals surface area contributed by atoms with Crippen LogP contribution in [0.5, 0.6) is 0 Å². The molecule has 0 saturated carbocycles. The first-order valence-electron chi connectivity index (χ1n) is 11.4. The number of benzene rings is 3. The van der Waals surface area contributed by atoms with E-state index in [1.54, 1.807) is 0 Å². The van der Waals surface area contributed by atoms with Crippen molar-refractivity contribution in [1.29, 1.82) is 0 Å². The average molecular weight is 486 g/mol. The summed E-state index contributed by atoms with van der Waals surface area (Å²) >= 11 is 6.30. The summed E-state index contributed by atoms with van der Waals surface area (Å²) in [6.07, 6.45) is 3.43. The molecule has 1 unspecified atom stereocenters. The summed E-state index contributed by atoms with van der Waals surface area (Å²) in [6, 6.07) is 19.9. The van der Waals surface area contributed by atoms with Gasteiger partial charge in [0.15, 0.2) is 0 Å². The summed E-state index contributed by atoms with van der Waals surface area (Å²) in [5, 5.41) is 6.27. The van der Waals surface area contributed by atoms with Gasteiger partial charge in [0.25, 0.3) is 0 Å². The van der Waals surface area contributed by atoms with Crippen LogP contribution in [0.25, 0.3) is 0 Å². The lowest BCUT2D eigenvalue weighted by atomic mass is 9.81. The van der Waals surface area contributed by atoms with E-state index in [1.165, 1.54) is 6.07 Å². The van der Waals surface area contributed by atoms with E-state index in [2.05, 4.69) is 10.6 Å². The van der Waals surface area contributed by atoms with Gasteiger partial charge in [-0.2, -0.15) is 0 Å². The largest absolute Gasteiger partial charge is 0.338 e. The minimum absolute atomic E-state index is 0.211. The fraction of sp³-hybridized carbons (Fsp3) is 0.296. The summed E-state index contributed by atoms with van der Waals surface area (Å²) in [5.74, 6) is -0.952. The predicted octanol–water partition coefficient (Wildman–Crippen LogP) is 6.48. The second-order valence-corrected chi connectivity index (χ2v) is 8.98. The maximum Gasteiger partial charge on any atom is 0.319 e. The first-order chi connectivity index (χ1) is 16.3. The number of carbonyl (C=O) groups excluding carboxylic acids is 1. The lowest BCUT2D eigenvalue weighted by Crippen LogP contribution is -2.43. The summed E-state index contributed by atoms with van der Waals surface area (Å²) < 4.78 is 28.1. The Bertz CT molecular complexity index is 1080. The van der Waals surface area contributed by atoms with Crippen molar-refractivity contribution in [3.05, 3.63) is 101 Å². The summed E-state index contributed by atoms with van der Waals surface area (Å²) in [4.78, 5) is 12.0. The highest BCUT2D eigenvalue weighted by atomic mass is 35.5. The van der Waals surface area contributed by atoms with Gasteiger partial charge in [-0.3, -0.25) is 0 Å². The fourth-order valence-corrected chi connectivity index (χ4v) is 4.18. The van der Waals surface area contributed by atoms with Crippen molar-refractivity contribution in [3.8, 4) is 0 Å². The van der Waals surface area contributed by atoms with Crippen LogP contribution in [0.4, 0.5) is 19.3 Å². The number of unbranched alkanes of at least 4 members (excludes halogenated alkanes) is 1. The quantitative estimate of drug-likeness (QED) is 0.272. The highest BCUT2D eigenvalue weighted by Crippen LogP contribution is 2.27. The molecule has 0 aliphatic heterocycles. The van der Waals surface area contributed by atoms with Gasteiger partial charge in [0.1, 0.15) is 11.6 Å². The van der Waals surface area contributed by atoms with Gasteiger partial charge in [0, 0.05) is 22.8 Å². The first kappa shape index (κ1) is 25.7. The van der Waals surface area contributed by atoms with Gasteiger partial charge in [0.05, 0.1) is 0 Å². The third-order valence-electron chi connectivity index (χ3n) is 5.82. The minimum Gasteiger partial charge on any atom is -0.338 e. The number of carbonyl (C=O) groups is 1. The van der Waals surface area contributed by atoms with Crippen LogP contribution in [-0.2, 0) is 12.8 Å². The number of hydrogen-bond acceptors (Lipinski definition) is 2. The third kappa shape index (κ3) is 8.12. The topological polar surface area (TPSA) is 67.1 Å². The highest BCUT2D eigenvalue weighted by Gasteiger charge is 2.27. The molecule has 0 saturated heterocycles. The van der Waals surface area contributed by atoms with E-state index < -0.39 is 17.2 Å². The Morgan fingerprint density at radius 3 is 2.41 bits per heavy atom. The van der Waals surface area contributed by atoms with Crippen LogP contribution < -0.4 is 16.4 Å². The number of nitrogens with two attached hydrogens (primary N) is 1. The van der Waals surface area contributed by atoms with Crippen LogP contribution in [-0.4, -0.2) is 18.1 Å². The monoisotopic (exact) mass is 485 g/mol. The molecule has 3 aromatic carbocycles. The fourth-order valence-electron chi connectivity index (χ4n) is 3.95. The summed E-state index contributed by atoms with van der Waals surface area (Å²) in [7, 11) is 0. The van der Waals surface area contributed by atoms with E-state index in [1.807, 2.05) is 54.6 Å². The van der Waals surface area contributed by atoms with E-state index in [0.717, 1.165) is 29.8 Å². The predicted molar refractivity (Wildman–Crippen MR) is 134 cm³/mol.